The highest BCUT2D eigenvalue weighted by Gasteiger charge is 2.17. The highest BCUT2D eigenvalue weighted by molar-refractivity contribution is 6.34. The van der Waals surface area contributed by atoms with E-state index in [-0.39, 0.29) is 30.9 Å². The molecule has 0 aliphatic rings. The number of hydrogen-bond acceptors (Lipinski definition) is 2. The first-order valence-corrected chi connectivity index (χ1v) is 8.44. The molecule has 1 rings (SSSR count). The lowest BCUT2D eigenvalue weighted by molar-refractivity contribution is -0.150. The van der Waals surface area contributed by atoms with Crippen LogP contribution in [0.4, 0.5) is 0 Å². The van der Waals surface area contributed by atoms with Crippen molar-refractivity contribution >= 4 is 41.6 Å². The molecule has 5 heteroatoms. The van der Waals surface area contributed by atoms with Gasteiger partial charge < -0.3 is 4.74 Å². The Hall–Kier alpha value is -0.440. The van der Waals surface area contributed by atoms with E-state index in [1.54, 1.807) is 18.2 Å². The van der Waals surface area contributed by atoms with Gasteiger partial charge in [-0.1, -0.05) is 62.7 Å². The summed E-state index contributed by atoms with van der Waals surface area (Å²) in [6, 6.07) is 5.20. The molecule has 0 saturated carbocycles. The average Bonchev–Trinajstić information content (AvgIpc) is 2.44. The third-order valence-corrected chi connectivity index (χ3v) is 3.97. The van der Waals surface area contributed by atoms with E-state index in [0.717, 1.165) is 24.8 Å². The Bertz CT molecular complexity index is 429. The van der Waals surface area contributed by atoms with Crippen LogP contribution in [-0.4, -0.2) is 5.97 Å². The van der Waals surface area contributed by atoms with Gasteiger partial charge in [-0.05, 0) is 36.6 Å². The number of benzene rings is 1. The zero-order chi connectivity index (χ0) is 15.7. The highest BCUT2D eigenvalue weighted by Crippen LogP contribution is 2.21. The van der Waals surface area contributed by atoms with E-state index < -0.39 is 0 Å². The average molecular weight is 368 g/mol. The van der Waals surface area contributed by atoms with Gasteiger partial charge in [0.2, 0.25) is 0 Å². The highest BCUT2D eigenvalue weighted by atomic mass is 35.5. The predicted octanol–water partition coefficient (Wildman–Crippen LogP) is 6.46. The van der Waals surface area contributed by atoms with Crippen LogP contribution in [0.3, 0.4) is 0 Å². The van der Waals surface area contributed by atoms with Crippen molar-refractivity contribution in [2.24, 2.45) is 5.92 Å². The van der Waals surface area contributed by atoms with Crippen molar-refractivity contribution in [3.05, 3.63) is 33.8 Å². The Kier molecular flexibility index (Phi) is 11.8. The smallest absolute Gasteiger partial charge is 0.309 e. The summed E-state index contributed by atoms with van der Waals surface area (Å²) in [6.07, 6.45) is 6.44. The zero-order valence-electron chi connectivity index (χ0n) is 13.2. The van der Waals surface area contributed by atoms with E-state index in [1.165, 1.54) is 19.3 Å². The second-order valence-electron chi connectivity index (χ2n) is 5.34. The fourth-order valence-corrected chi connectivity index (χ4v) is 2.84. The molecule has 1 atom stereocenters. The fourth-order valence-electron chi connectivity index (χ4n) is 2.27. The van der Waals surface area contributed by atoms with Crippen LogP contribution in [0.15, 0.2) is 18.2 Å². The summed E-state index contributed by atoms with van der Waals surface area (Å²) < 4.78 is 5.39. The molecule has 126 valence electrons. The molecule has 0 aliphatic heterocycles. The van der Waals surface area contributed by atoms with E-state index in [9.17, 15) is 4.79 Å². The molecule has 0 N–H and O–H groups in total. The minimum Gasteiger partial charge on any atom is -0.461 e. The standard InChI is InChI=1S/C17H24Cl2O2.ClH/c1-3-5-6-7-8-14(4-2)17(20)21-12-13-9-15(18)11-16(19)10-13;/h9-11,14H,3-8,12H2,1-2H3;1H. The molecular weight excluding hydrogens is 343 g/mol. The van der Waals surface area contributed by atoms with E-state index in [2.05, 4.69) is 6.92 Å². The summed E-state index contributed by atoms with van der Waals surface area (Å²) in [7, 11) is 0. The molecule has 0 saturated heterocycles. The van der Waals surface area contributed by atoms with Gasteiger partial charge in [-0.2, -0.15) is 0 Å². The zero-order valence-corrected chi connectivity index (χ0v) is 15.6. The third-order valence-electron chi connectivity index (χ3n) is 3.54. The Morgan fingerprint density at radius 2 is 1.73 bits per heavy atom. The minimum absolute atomic E-state index is 0. The van der Waals surface area contributed by atoms with Gasteiger partial charge in [0.05, 0.1) is 5.92 Å². The van der Waals surface area contributed by atoms with Crippen LogP contribution in [0.25, 0.3) is 0 Å². The molecule has 0 radical (unpaired) electrons. The summed E-state index contributed by atoms with van der Waals surface area (Å²) in [5, 5.41) is 1.11. The normalized spacial score (nSPS) is 11.6. The van der Waals surface area contributed by atoms with E-state index in [0.29, 0.717) is 10.0 Å². The topological polar surface area (TPSA) is 26.3 Å². The lowest BCUT2D eigenvalue weighted by Crippen LogP contribution is -2.17. The molecule has 1 aromatic rings. The van der Waals surface area contributed by atoms with Crippen LogP contribution in [0.5, 0.6) is 0 Å². The largest absolute Gasteiger partial charge is 0.461 e. The molecule has 0 bridgehead atoms. The predicted molar refractivity (Wildman–Crippen MR) is 96.0 cm³/mol. The lowest BCUT2D eigenvalue weighted by atomic mass is 9.98. The van der Waals surface area contributed by atoms with Crippen LogP contribution < -0.4 is 0 Å². The molecule has 0 amide bonds. The maximum Gasteiger partial charge on any atom is 0.309 e. The van der Waals surface area contributed by atoms with Crippen molar-refractivity contribution in [1.82, 2.24) is 0 Å². The first-order valence-electron chi connectivity index (χ1n) is 7.68. The van der Waals surface area contributed by atoms with Gasteiger partial charge >= 0.3 is 5.97 Å². The summed E-state index contributed by atoms with van der Waals surface area (Å²) in [6.45, 7) is 4.44. The number of esters is 1. The summed E-state index contributed by atoms with van der Waals surface area (Å²) in [4.78, 5) is 12.1. The van der Waals surface area contributed by atoms with Gasteiger partial charge in [0.15, 0.2) is 0 Å². The minimum atomic E-state index is -0.120. The number of hydrogen-bond donors (Lipinski definition) is 0. The summed E-state index contributed by atoms with van der Waals surface area (Å²) >= 11 is 11.9. The maximum absolute atomic E-state index is 12.1. The van der Waals surface area contributed by atoms with Gasteiger partial charge in [-0.25, -0.2) is 0 Å². The molecule has 0 spiro atoms. The molecule has 22 heavy (non-hydrogen) atoms. The van der Waals surface area contributed by atoms with Gasteiger partial charge in [0, 0.05) is 10.0 Å². The Morgan fingerprint density at radius 3 is 2.27 bits per heavy atom. The Morgan fingerprint density at radius 1 is 1.09 bits per heavy atom. The Balaban J connectivity index is 0.00000441. The molecule has 1 aromatic carbocycles. The molecule has 1 unspecified atom stereocenters. The van der Waals surface area contributed by atoms with E-state index >= 15 is 0 Å². The third kappa shape index (κ3) is 8.26. The number of ether oxygens (including phenoxy) is 1. The molecule has 0 aromatic heterocycles. The first kappa shape index (κ1) is 21.6. The van der Waals surface area contributed by atoms with Crippen molar-refractivity contribution in [2.75, 3.05) is 0 Å². The van der Waals surface area contributed by atoms with Crippen molar-refractivity contribution < 1.29 is 9.53 Å². The number of carbonyl (C=O) groups is 1. The molecule has 0 heterocycles. The number of carbonyl (C=O) groups excluding carboxylic acids is 1. The van der Waals surface area contributed by atoms with Crippen LogP contribution in [0.1, 0.15) is 57.9 Å². The van der Waals surface area contributed by atoms with Crippen molar-refractivity contribution in [1.29, 1.82) is 0 Å². The molecule has 2 nitrogen and oxygen atoms in total. The van der Waals surface area contributed by atoms with Crippen LogP contribution in [-0.2, 0) is 16.1 Å². The van der Waals surface area contributed by atoms with Crippen LogP contribution in [0, 0.1) is 5.92 Å². The first-order chi connectivity index (χ1) is 10.1. The summed E-state index contributed by atoms with van der Waals surface area (Å²) in [5.41, 5.74) is 0.821. The van der Waals surface area contributed by atoms with Gasteiger partial charge in [-0.15, -0.1) is 12.4 Å². The summed E-state index contributed by atoms with van der Waals surface area (Å²) in [5.74, 6) is -0.124. The van der Waals surface area contributed by atoms with Gasteiger partial charge in [0.1, 0.15) is 6.61 Å². The van der Waals surface area contributed by atoms with Crippen molar-refractivity contribution in [3.8, 4) is 0 Å². The quantitative estimate of drug-likeness (QED) is 0.370. The maximum atomic E-state index is 12.1. The molecule has 0 fully saturated rings. The number of rotatable bonds is 9. The monoisotopic (exact) mass is 366 g/mol. The van der Waals surface area contributed by atoms with E-state index in [1.807, 2.05) is 6.92 Å². The number of halogens is 3. The Labute approximate surface area is 149 Å². The van der Waals surface area contributed by atoms with Crippen LogP contribution in [0.2, 0.25) is 10.0 Å². The second kappa shape index (κ2) is 12.0. The van der Waals surface area contributed by atoms with Crippen molar-refractivity contribution in [3.63, 3.8) is 0 Å². The van der Waals surface area contributed by atoms with Crippen LogP contribution >= 0.6 is 35.6 Å². The number of unbranched alkanes of at least 4 members (excludes halogenated alkanes) is 3. The van der Waals surface area contributed by atoms with E-state index in [4.69, 9.17) is 27.9 Å². The second-order valence-corrected chi connectivity index (χ2v) is 6.21. The molecular formula is C17H25Cl3O2. The fraction of sp³-hybridized carbons (Fsp3) is 0.588. The van der Waals surface area contributed by atoms with Gasteiger partial charge in [-0.3, -0.25) is 4.79 Å². The lowest BCUT2D eigenvalue weighted by Gasteiger charge is -2.14. The molecule has 0 aliphatic carbocycles. The van der Waals surface area contributed by atoms with Gasteiger partial charge in [0.25, 0.3) is 0 Å². The SMILES string of the molecule is CCCCCCC(CC)C(=O)OCc1cc(Cl)cc(Cl)c1.Cl. The van der Waals surface area contributed by atoms with Crippen molar-refractivity contribution in [2.45, 2.75) is 59.0 Å².